The molecule has 14 heavy (non-hydrogen) atoms. The van der Waals surface area contributed by atoms with E-state index in [0.717, 1.165) is 18.2 Å². The van der Waals surface area contributed by atoms with Crippen molar-refractivity contribution in [3.63, 3.8) is 0 Å². The third kappa shape index (κ3) is 2.30. The Hall–Kier alpha value is -0.480. The SMILES string of the molecule is CCC1CCCC1NCc1csnn1. The maximum absolute atomic E-state index is 4.03. The first-order valence-electron chi connectivity index (χ1n) is 5.39. The highest BCUT2D eigenvalue weighted by Gasteiger charge is 2.24. The highest BCUT2D eigenvalue weighted by molar-refractivity contribution is 7.03. The summed E-state index contributed by atoms with van der Waals surface area (Å²) in [4.78, 5) is 0. The highest BCUT2D eigenvalue weighted by Crippen LogP contribution is 2.28. The molecule has 0 radical (unpaired) electrons. The molecule has 1 aliphatic rings. The molecule has 1 aromatic rings. The van der Waals surface area contributed by atoms with Crippen LogP contribution >= 0.6 is 11.5 Å². The van der Waals surface area contributed by atoms with E-state index in [1.165, 1.54) is 37.2 Å². The number of rotatable bonds is 4. The van der Waals surface area contributed by atoms with Gasteiger partial charge in [0.25, 0.3) is 0 Å². The average molecular weight is 211 g/mol. The van der Waals surface area contributed by atoms with Gasteiger partial charge in [-0.2, -0.15) is 0 Å². The second-order valence-electron chi connectivity index (χ2n) is 3.98. The lowest BCUT2D eigenvalue weighted by molar-refractivity contribution is 0.388. The number of nitrogens with one attached hydrogen (secondary N) is 1. The molecule has 1 aromatic heterocycles. The smallest absolute Gasteiger partial charge is 0.0893 e. The van der Waals surface area contributed by atoms with E-state index in [9.17, 15) is 0 Å². The van der Waals surface area contributed by atoms with Gasteiger partial charge in [-0.25, -0.2) is 0 Å². The lowest BCUT2D eigenvalue weighted by Gasteiger charge is -2.18. The Morgan fingerprint density at radius 3 is 3.21 bits per heavy atom. The summed E-state index contributed by atoms with van der Waals surface area (Å²) in [6.45, 7) is 3.17. The molecule has 0 saturated heterocycles. The largest absolute Gasteiger partial charge is 0.308 e. The molecule has 0 bridgehead atoms. The zero-order chi connectivity index (χ0) is 9.80. The van der Waals surface area contributed by atoms with Gasteiger partial charge >= 0.3 is 0 Å². The normalized spacial score (nSPS) is 26.9. The van der Waals surface area contributed by atoms with E-state index in [-0.39, 0.29) is 0 Å². The molecule has 2 atom stereocenters. The summed E-state index contributed by atoms with van der Waals surface area (Å²) < 4.78 is 3.86. The van der Waals surface area contributed by atoms with Crippen molar-refractivity contribution in [3.05, 3.63) is 11.1 Å². The lowest BCUT2D eigenvalue weighted by atomic mass is 10.0. The molecule has 78 valence electrons. The number of hydrogen-bond acceptors (Lipinski definition) is 4. The van der Waals surface area contributed by atoms with Crippen molar-refractivity contribution in [3.8, 4) is 0 Å². The van der Waals surface area contributed by atoms with Gasteiger partial charge in [-0.05, 0) is 30.3 Å². The average Bonchev–Trinajstić information content (AvgIpc) is 2.85. The molecule has 0 aromatic carbocycles. The summed E-state index contributed by atoms with van der Waals surface area (Å²) in [5.74, 6) is 0.876. The Balaban J connectivity index is 1.80. The quantitative estimate of drug-likeness (QED) is 0.829. The van der Waals surface area contributed by atoms with E-state index in [1.54, 1.807) is 0 Å². The molecule has 0 spiro atoms. The topological polar surface area (TPSA) is 37.8 Å². The van der Waals surface area contributed by atoms with Crippen LogP contribution in [0, 0.1) is 5.92 Å². The Kier molecular flexibility index (Phi) is 3.48. The maximum atomic E-state index is 4.03. The highest BCUT2D eigenvalue weighted by atomic mass is 32.1. The van der Waals surface area contributed by atoms with E-state index in [2.05, 4.69) is 21.8 Å². The van der Waals surface area contributed by atoms with Gasteiger partial charge in [-0.15, -0.1) is 5.10 Å². The van der Waals surface area contributed by atoms with Crippen molar-refractivity contribution < 1.29 is 0 Å². The van der Waals surface area contributed by atoms with Crippen LogP contribution in [0.1, 0.15) is 38.3 Å². The first kappa shape index (κ1) is 10.1. The van der Waals surface area contributed by atoms with Gasteiger partial charge in [0, 0.05) is 18.0 Å². The summed E-state index contributed by atoms with van der Waals surface area (Å²) in [6, 6.07) is 0.710. The van der Waals surface area contributed by atoms with Crippen molar-refractivity contribution in [2.45, 2.75) is 45.2 Å². The Labute approximate surface area is 89.1 Å². The lowest BCUT2D eigenvalue weighted by Crippen LogP contribution is -2.31. The molecule has 1 saturated carbocycles. The Morgan fingerprint density at radius 1 is 1.57 bits per heavy atom. The van der Waals surface area contributed by atoms with Crippen LogP contribution in [0.4, 0.5) is 0 Å². The van der Waals surface area contributed by atoms with Gasteiger partial charge < -0.3 is 5.32 Å². The molecular weight excluding hydrogens is 194 g/mol. The zero-order valence-corrected chi connectivity index (χ0v) is 9.39. The standard InChI is InChI=1S/C10H17N3S/c1-2-8-4-3-5-10(8)11-6-9-7-14-13-12-9/h7-8,10-11H,2-6H2,1H3. The van der Waals surface area contributed by atoms with Crippen molar-refractivity contribution in [1.29, 1.82) is 0 Å². The van der Waals surface area contributed by atoms with Gasteiger partial charge in [-0.1, -0.05) is 24.3 Å². The van der Waals surface area contributed by atoms with E-state index in [4.69, 9.17) is 0 Å². The van der Waals surface area contributed by atoms with E-state index in [1.807, 2.05) is 5.38 Å². The zero-order valence-electron chi connectivity index (χ0n) is 8.57. The van der Waals surface area contributed by atoms with Crippen LogP contribution < -0.4 is 5.32 Å². The van der Waals surface area contributed by atoms with Gasteiger partial charge in [0.05, 0.1) is 5.69 Å². The predicted octanol–water partition coefficient (Wildman–Crippen LogP) is 2.21. The van der Waals surface area contributed by atoms with Crippen LogP contribution in [-0.4, -0.2) is 15.6 Å². The number of hydrogen-bond donors (Lipinski definition) is 1. The molecule has 0 aliphatic heterocycles. The second kappa shape index (κ2) is 4.84. The van der Waals surface area contributed by atoms with E-state index >= 15 is 0 Å². The molecule has 0 amide bonds. The third-order valence-electron chi connectivity index (χ3n) is 3.13. The summed E-state index contributed by atoms with van der Waals surface area (Å²) in [6.07, 6.45) is 5.40. The van der Waals surface area contributed by atoms with E-state index < -0.39 is 0 Å². The van der Waals surface area contributed by atoms with Gasteiger partial charge in [0.15, 0.2) is 0 Å². The van der Waals surface area contributed by atoms with Gasteiger partial charge in [-0.3, -0.25) is 0 Å². The number of nitrogens with zero attached hydrogens (tertiary/aromatic N) is 2. The van der Waals surface area contributed by atoms with Crippen LogP contribution in [0.2, 0.25) is 0 Å². The molecule has 1 N–H and O–H groups in total. The molecule has 3 nitrogen and oxygen atoms in total. The summed E-state index contributed by atoms with van der Waals surface area (Å²) >= 11 is 1.43. The summed E-state index contributed by atoms with van der Waals surface area (Å²) in [7, 11) is 0. The van der Waals surface area contributed by atoms with Crippen molar-refractivity contribution in [2.75, 3.05) is 0 Å². The first-order chi connectivity index (χ1) is 6.90. The molecular formula is C10H17N3S. The molecule has 1 fully saturated rings. The van der Waals surface area contributed by atoms with E-state index in [0.29, 0.717) is 6.04 Å². The number of aromatic nitrogens is 2. The molecule has 4 heteroatoms. The fraction of sp³-hybridized carbons (Fsp3) is 0.800. The van der Waals surface area contributed by atoms with Crippen LogP contribution in [0.5, 0.6) is 0 Å². The fourth-order valence-electron chi connectivity index (χ4n) is 2.29. The third-order valence-corrected chi connectivity index (χ3v) is 3.69. The Morgan fingerprint density at radius 2 is 2.50 bits per heavy atom. The van der Waals surface area contributed by atoms with Crippen LogP contribution in [0.25, 0.3) is 0 Å². The van der Waals surface area contributed by atoms with Crippen molar-refractivity contribution in [2.24, 2.45) is 5.92 Å². The van der Waals surface area contributed by atoms with Crippen LogP contribution in [-0.2, 0) is 6.54 Å². The molecule has 1 heterocycles. The fourth-order valence-corrected chi connectivity index (χ4v) is 2.74. The minimum atomic E-state index is 0.710. The van der Waals surface area contributed by atoms with Crippen LogP contribution in [0.15, 0.2) is 5.38 Å². The van der Waals surface area contributed by atoms with Crippen molar-refractivity contribution in [1.82, 2.24) is 14.9 Å². The first-order valence-corrected chi connectivity index (χ1v) is 6.23. The summed E-state index contributed by atoms with van der Waals surface area (Å²) in [5, 5.41) is 9.64. The molecule has 1 aliphatic carbocycles. The molecule has 2 rings (SSSR count). The molecule has 2 unspecified atom stereocenters. The van der Waals surface area contributed by atoms with Crippen LogP contribution in [0.3, 0.4) is 0 Å². The van der Waals surface area contributed by atoms with Gasteiger partial charge in [0.2, 0.25) is 0 Å². The monoisotopic (exact) mass is 211 g/mol. The maximum Gasteiger partial charge on any atom is 0.0893 e. The minimum absolute atomic E-state index is 0.710. The Bertz CT molecular complexity index is 260. The van der Waals surface area contributed by atoms with Gasteiger partial charge in [0.1, 0.15) is 0 Å². The predicted molar refractivity (Wildman–Crippen MR) is 58.2 cm³/mol. The second-order valence-corrected chi connectivity index (χ2v) is 4.59. The minimum Gasteiger partial charge on any atom is -0.308 e. The summed E-state index contributed by atoms with van der Waals surface area (Å²) in [5.41, 5.74) is 1.08. The van der Waals surface area contributed by atoms with Crippen molar-refractivity contribution >= 4 is 11.5 Å².